The van der Waals surface area contributed by atoms with Gasteiger partial charge in [-0.2, -0.15) is 13.2 Å². The fourth-order valence-electron chi connectivity index (χ4n) is 3.26. The van der Waals surface area contributed by atoms with Gasteiger partial charge in [0.25, 0.3) is 0 Å². The maximum atomic E-state index is 12.7. The van der Waals surface area contributed by atoms with E-state index in [0.29, 0.717) is 24.2 Å². The lowest BCUT2D eigenvalue weighted by molar-refractivity contribution is -0.137. The molecule has 0 radical (unpaired) electrons. The number of aliphatic hydroxyl groups excluding tert-OH is 1. The van der Waals surface area contributed by atoms with Crippen LogP contribution in [0, 0.1) is 0 Å². The summed E-state index contributed by atoms with van der Waals surface area (Å²) in [7, 11) is -4.69. The molecule has 0 aliphatic carbocycles. The number of halogens is 3. The number of phosphoric acid groups is 1. The molecule has 1 unspecified atom stereocenters. The Kier molecular flexibility index (Phi) is 7.97. The van der Waals surface area contributed by atoms with E-state index < -0.39 is 38.3 Å². The lowest BCUT2D eigenvalue weighted by atomic mass is 9.93. The van der Waals surface area contributed by atoms with Gasteiger partial charge in [-0.25, -0.2) is 9.55 Å². The van der Waals surface area contributed by atoms with Gasteiger partial charge in [-0.3, -0.25) is 4.52 Å². The highest BCUT2D eigenvalue weighted by Crippen LogP contribution is 2.37. The van der Waals surface area contributed by atoms with E-state index in [2.05, 4.69) is 14.5 Å². The predicted molar refractivity (Wildman–Crippen MR) is 119 cm³/mol. The molecule has 0 fully saturated rings. The maximum absolute atomic E-state index is 12.7. The molecule has 6 N–H and O–H groups in total. The molecule has 1 atom stereocenters. The van der Waals surface area contributed by atoms with Crippen molar-refractivity contribution in [2.45, 2.75) is 31.0 Å². The molecule has 8 nitrogen and oxygen atoms in total. The van der Waals surface area contributed by atoms with E-state index in [-0.39, 0.29) is 6.42 Å². The van der Waals surface area contributed by atoms with Crippen LogP contribution in [0.4, 0.5) is 13.2 Å². The van der Waals surface area contributed by atoms with Gasteiger partial charge >= 0.3 is 14.0 Å². The first-order valence-corrected chi connectivity index (χ1v) is 11.8. The first kappa shape index (κ1) is 26.1. The Bertz CT molecular complexity index is 1130. The number of hydrogen-bond donors (Lipinski definition) is 5. The first-order valence-electron chi connectivity index (χ1n) is 10.3. The third-order valence-electron chi connectivity index (χ3n) is 5.29. The zero-order valence-electron chi connectivity index (χ0n) is 18.0. The molecule has 3 rings (SSSR count). The second kappa shape index (κ2) is 10.4. The summed E-state index contributed by atoms with van der Waals surface area (Å²) in [4.78, 5) is 25.1. The van der Waals surface area contributed by atoms with Crippen molar-refractivity contribution >= 4 is 7.82 Å². The van der Waals surface area contributed by atoms with Gasteiger partial charge in [0.1, 0.15) is 5.82 Å². The molecule has 3 aromatic rings. The Balaban J connectivity index is 1.59. The Morgan fingerprint density at radius 1 is 1.03 bits per heavy atom. The summed E-state index contributed by atoms with van der Waals surface area (Å²) < 4.78 is 53.4. The number of hydrogen-bond acceptors (Lipinski definition) is 5. The van der Waals surface area contributed by atoms with E-state index in [4.69, 9.17) is 15.5 Å². The van der Waals surface area contributed by atoms with Crippen LogP contribution in [0.2, 0.25) is 0 Å². The number of nitrogens with zero attached hydrogens (tertiary/aromatic N) is 1. The molecule has 0 aliphatic heterocycles. The summed E-state index contributed by atoms with van der Waals surface area (Å²) in [5.41, 5.74) is 7.17. The molecule has 0 amide bonds. The van der Waals surface area contributed by atoms with E-state index in [1.165, 1.54) is 12.1 Å². The van der Waals surface area contributed by atoms with Gasteiger partial charge < -0.3 is 25.6 Å². The largest absolute Gasteiger partial charge is 0.469 e. The third-order valence-corrected chi connectivity index (χ3v) is 5.76. The van der Waals surface area contributed by atoms with Gasteiger partial charge in [-0.1, -0.05) is 36.4 Å². The number of rotatable bonds is 10. The molecule has 0 saturated carbocycles. The molecule has 184 valence electrons. The van der Waals surface area contributed by atoms with Crippen LogP contribution >= 0.6 is 7.82 Å². The van der Waals surface area contributed by atoms with Gasteiger partial charge in [-0.05, 0) is 41.7 Å². The molecule has 0 saturated heterocycles. The number of aliphatic hydroxyl groups is 1. The van der Waals surface area contributed by atoms with Crippen LogP contribution in [0.3, 0.4) is 0 Å². The SMILES string of the molecule is NC(CO)(CCc1ccc(-c2cnc(Cc3ccc(C(F)(F)F)cc3)[nH]2)cc1)COP(=O)(O)O. The van der Waals surface area contributed by atoms with Crippen molar-refractivity contribution in [3.05, 3.63) is 77.2 Å². The molecule has 2 aromatic carbocycles. The molecule has 0 bridgehead atoms. The molecular weight excluding hydrogens is 474 g/mol. The van der Waals surface area contributed by atoms with Gasteiger partial charge in [0.15, 0.2) is 0 Å². The van der Waals surface area contributed by atoms with E-state index >= 15 is 0 Å². The lowest BCUT2D eigenvalue weighted by Gasteiger charge is -2.27. The van der Waals surface area contributed by atoms with Gasteiger partial charge in [-0.15, -0.1) is 0 Å². The quantitative estimate of drug-likeness (QED) is 0.269. The minimum Gasteiger partial charge on any atom is -0.394 e. The standard InChI is InChI=1S/C22H25F3N3O5P/c23-22(24,25)18-7-3-16(4-8-18)11-20-27-12-19(28-20)17-5-1-15(2-6-17)9-10-21(26,13-29)14-33-34(30,31)32/h1-8,12,29H,9-11,13-14,26H2,(H,27,28)(H2,30,31,32). The number of benzene rings is 2. The van der Waals surface area contributed by atoms with Crippen LogP contribution in [0.25, 0.3) is 11.3 Å². The smallest absolute Gasteiger partial charge is 0.394 e. The second-order valence-corrected chi connectivity index (χ2v) is 9.34. The third kappa shape index (κ3) is 7.49. The number of phosphoric ester groups is 1. The number of nitrogens with two attached hydrogens (primary N) is 1. The van der Waals surface area contributed by atoms with Crippen molar-refractivity contribution in [1.82, 2.24) is 9.97 Å². The number of aryl methyl sites for hydroxylation is 1. The molecule has 1 aromatic heterocycles. The second-order valence-electron chi connectivity index (χ2n) is 8.10. The summed E-state index contributed by atoms with van der Waals surface area (Å²) in [5, 5.41) is 9.49. The van der Waals surface area contributed by atoms with Crippen LogP contribution < -0.4 is 5.73 Å². The average molecular weight is 499 g/mol. The molecule has 1 heterocycles. The number of aromatic nitrogens is 2. The molecular formula is C22H25F3N3O5P. The molecule has 0 spiro atoms. The van der Waals surface area contributed by atoms with Crippen molar-refractivity contribution < 1.29 is 37.2 Å². The highest BCUT2D eigenvalue weighted by atomic mass is 31.2. The van der Waals surface area contributed by atoms with Crippen LogP contribution in [0.5, 0.6) is 0 Å². The minimum absolute atomic E-state index is 0.240. The monoisotopic (exact) mass is 499 g/mol. The van der Waals surface area contributed by atoms with Crippen molar-refractivity contribution in [2.75, 3.05) is 13.2 Å². The Labute approximate surface area is 193 Å². The Morgan fingerprint density at radius 2 is 1.65 bits per heavy atom. The summed E-state index contributed by atoms with van der Waals surface area (Å²) in [6.07, 6.45) is -1.69. The van der Waals surface area contributed by atoms with Gasteiger partial charge in [0.05, 0.1) is 36.2 Å². The summed E-state index contributed by atoms with van der Waals surface area (Å²) >= 11 is 0. The van der Waals surface area contributed by atoms with Crippen molar-refractivity contribution in [1.29, 1.82) is 0 Å². The summed E-state index contributed by atoms with van der Waals surface area (Å²) in [5.74, 6) is 0.611. The van der Waals surface area contributed by atoms with Crippen molar-refractivity contribution in [2.24, 2.45) is 5.73 Å². The van der Waals surface area contributed by atoms with Crippen LogP contribution in [0.15, 0.2) is 54.7 Å². The lowest BCUT2D eigenvalue weighted by Crippen LogP contribution is -2.48. The van der Waals surface area contributed by atoms with Crippen molar-refractivity contribution in [3.8, 4) is 11.3 Å². The van der Waals surface area contributed by atoms with Crippen LogP contribution in [-0.2, 0) is 28.1 Å². The average Bonchev–Trinajstić information content (AvgIpc) is 3.24. The van der Waals surface area contributed by atoms with E-state index in [0.717, 1.165) is 29.0 Å². The normalized spacial score (nSPS) is 14.2. The van der Waals surface area contributed by atoms with Gasteiger partial charge in [0.2, 0.25) is 0 Å². The van der Waals surface area contributed by atoms with E-state index in [1.54, 1.807) is 6.20 Å². The molecule has 34 heavy (non-hydrogen) atoms. The zero-order chi connectivity index (χ0) is 25.0. The van der Waals surface area contributed by atoms with E-state index in [1.807, 2.05) is 24.3 Å². The minimum atomic E-state index is -4.69. The number of alkyl halides is 3. The highest BCUT2D eigenvalue weighted by Gasteiger charge is 2.30. The fourth-order valence-corrected chi connectivity index (χ4v) is 3.68. The highest BCUT2D eigenvalue weighted by molar-refractivity contribution is 7.46. The predicted octanol–water partition coefficient (Wildman–Crippen LogP) is 3.42. The number of nitrogens with one attached hydrogen (secondary N) is 1. The summed E-state index contributed by atoms with van der Waals surface area (Å²) in [6.45, 7) is -0.983. The summed E-state index contributed by atoms with van der Waals surface area (Å²) in [6, 6.07) is 12.4. The fraction of sp³-hybridized carbons (Fsp3) is 0.318. The zero-order valence-corrected chi connectivity index (χ0v) is 18.9. The molecule has 0 aliphatic rings. The number of imidazole rings is 1. The Hall–Kier alpha value is -2.53. The number of H-pyrrole nitrogens is 1. The molecule has 12 heteroatoms. The van der Waals surface area contributed by atoms with Crippen LogP contribution in [0.1, 0.15) is 28.9 Å². The van der Waals surface area contributed by atoms with E-state index in [9.17, 15) is 22.8 Å². The van der Waals surface area contributed by atoms with Gasteiger partial charge in [0, 0.05) is 6.42 Å². The Morgan fingerprint density at radius 3 is 2.21 bits per heavy atom. The topological polar surface area (TPSA) is 142 Å². The maximum Gasteiger partial charge on any atom is 0.469 e. The van der Waals surface area contributed by atoms with Crippen molar-refractivity contribution in [3.63, 3.8) is 0 Å². The van der Waals surface area contributed by atoms with Crippen LogP contribution in [-0.4, -0.2) is 43.6 Å². The number of aromatic amines is 1. The first-order chi connectivity index (χ1) is 15.9.